The van der Waals surface area contributed by atoms with E-state index in [-0.39, 0.29) is 5.60 Å². The van der Waals surface area contributed by atoms with E-state index >= 15 is 0 Å². The number of ether oxygens (including phenoxy) is 1. The first-order valence-electron chi connectivity index (χ1n) is 9.77. The van der Waals surface area contributed by atoms with Crippen molar-refractivity contribution in [2.24, 2.45) is 17.8 Å². The molecular formula is C24H32O. The van der Waals surface area contributed by atoms with Crippen LogP contribution in [0.15, 0.2) is 54.6 Å². The van der Waals surface area contributed by atoms with Crippen LogP contribution in [0.2, 0.25) is 0 Å². The molecule has 1 nitrogen and oxygen atoms in total. The third kappa shape index (κ3) is 3.53. The number of hydrogen-bond acceptors (Lipinski definition) is 1. The van der Waals surface area contributed by atoms with Crippen molar-refractivity contribution in [1.29, 1.82) is 0 Å². The second-order valence-electron chi connectivity index (χ2n) is 8.04. The molecule has 1 heterocycles. The summed E-state index contributed by atoms with van der Waals surface area (Å²) in [6.07, 6.45) is 2.40. The van der Waals surface area contributed by atoms with E-state index in [1.54, 1.807) is 0 Å². The highest BCUT2D eigenvalue weighted by molar-refractivity contribution is 5.33. The van der Waals surface area contributed by atoms with Crippen molar-refractivity contribution in [2.75, 3.05) is 0 Å². The lowest BCUT2D eigenvalue weighted by Gasteiger charge is -2.50. The van der Waals surface area contributed by atoms with E-state index in [4.69, 9.17) is 4.74 Å². The molecule has 5 atom stereocenters. The standard InChI is InChI=1S/C24H32O/c1-6-23-18(3)17(2)19(4)24(5,25-23)22-14-10-13-21(16-22)15-20-11-8-7-9-12-20/h7-14,16-19,23H,6,15H2,1-5H3/t17-,18-,19+,23+,24?/m0/s1. The largest absolute Gasteiger partial charge is 0.367 e. The summed E-state index contributed by atoms with van der Waals surface area (Å²) >= 11 is 0. The minimum absolute atomic E-state index is 0.209. The van der Waals surface area contributed by atoms with Gasteiger partial charge in [-0.15, -0.1) is 0 Å². The van der Waals surface area contributed by atoms with Crippen molar-refractivity contribution < 1.29 is 4.74 Å². The molecule has 0 aliphatic carbocycles. The molecule has 0 saturated carbocycles. The van der Waals surface area contributed by atoms with Gasteiger partial charge in [-0.1, -0.05) is 82.3 Å². The van der Waals surface area contributed by atoms with Crippen LogP contribution in [0.3, 0.4) is 0 Å². The van der Waals surface area contributed by atoms with Gasteiger partial charge in [0.2, 0.25) is 0 Å². The Balaban J connectivity index is 1.90. The zero-order valence-electron chi connectivity index (χ0n) is 16.3. The van der Waals surface area contributed by atoms with Gasteiger partial charge in [-0.3, -0.25) is 0 Å². The van der Waals surface area contributed by atoms with E-state index in [1.165, 1.54) is 16.7 Å². The van der Waals surface area contributed by atoms with Crippen LogP contribution in [0.4, 0.5) is 0 Å². The lowest BCUT2D eigenvalue weighted by molar-refractivity contribution is -0.199. The molecule has 1 aliphatic rings. The third-order valence-corrected chi connectivity index (χ3v) is 6.62. The van der Waals surface area contributed by atoms with Crippen LogP contribution in [0.1, 0.15) is 57.7 Å². The van der Waals surface area contributed by atoms with Gasteiger partial charge in [-0.2, -0.15) is 0 Å². The highest BCUT2D eigenvalue weighted by Gasteiger charge is 2.46. The van der Waals surface area contributed by atoms with E-state index in [0.29, 0.717) is 23.9 Å². The summed E-state index contributed by atoms with van der Waals surface area (Å²) in [7, 11) is 0. The third-order valence-electron chi connectivity index (χ3n) is 6.62. The summed E-state index contributed by atoms with van der Waals surface area (Å²) in [6.45, 7) is 11.6. The van der Waals surface area contributed by atoms with Crippen LogP contribution in [0.5, 0.6) is 0 Å². The maximum Gasteiger partial charge on any atom is 0.0935 e. The van der Waals surface area contributed by atoms with Gasteiger partial charge in [0.05, 0.1) is 11.7 Å². The summed E-state index contributed by atoms with van der Waals surface area (Å²) in [5.74, 6) is 1.76. The molecular weight excluding hydrogens is 304 g/mol. The molecule has 2 aromatic carbocycles. The summed E-state index contributed by atoms with van der Waals surface area (Å²) in [4.78, 5) is 0. The fraction of sp³-hybridized carbons (Fsp3) is 0.500. The molecule has 0 spiro atoms. The van der Waals surface area contributed by atoms with Gasteiger partial charge in [0.25, 0.3) is 0 Å². The first-order chi connectivity index (χ1) is 12.0. The molecule has 0 radical (unpaired) electrons. The van der Waals surface area contributed by atoms with Gasteiger partial charge in [0.1, 0.15) is 0 Å². The quantitative estimate of drug-likeness (QED) is 0.645. The van der Waals surface area contributed by atoms with Crippen molar-refractivity contribution >= 4 is 0 Å². The van der Waals surface area contributed by atoms with Crippen LogP contribution in [-0.2, 0) is 16.8 Å². The Hall–Kier alpha value is -1.60. The molecule has 1 heteroatoms. The molecule has 0 bridgehead atoms. The second-order valence-corrected chi connectivity index (χ2v) is 8.04. The molecule has 1 unspecified atom stereocenters. The first-order valence-corrected chi connectivity index (χ1v) is 9.77. The predicted molar refractivity (Wildman–Crippen MR) is 106 cm³/mol. The summed E-state index contributed by atoms with van der Waals surface area (Å²) < 4.78 is 6.71. The van der Waals surface area contributed by atoms with Gasteiger partial charge in [0, 0.05) is 0 Å². The lowest BCUT2D eigenvalue weighted by Crippen LogP contribution is -2.50. The smallest absolute Gasteiger partial charge is 0.0935 e. The fourth-order valence-corrected chi connectivity index (χ4v) is 4.43. The maximum atomic E-state index is 6.71. The van der Waals surface area contributed by atoms with Crippen molar-refractivity contribution in [3.63, 3.8) is 0 Å². The normalized spacial score (nSPS) is 32.5. The van der Waals surface area contributed by atoms with Gasteiger partial charge in [-0.05, 0) is 54.2 Å². The molecule has 0 aromatic heterocycles. The van der Waals surface area contributed by atoms with Gasteiger partial charge >= 0.3 is 0 Å². The second kappa shape index (κ2) is 7.33. The van der Waals surface area contributed by atoms with Gasteiger partial charge < -0.3 is 4.74 Å². The molecule has 25 heavy (non-hydrogen) atoms. The Morgan fingerprint density at radius 1 is 0.880 bits per heavy atom. The van der Waals surface area contributed by atoms with Crippen LogP contribution in [0, 0.1) is 17.8 Å². The highest BCUT2D eigenvalue weighted by Crippen LogP contribution is 2.47. The van der Waals surface area contributed by atoms with Crippen LogP contribution in [-0.4, -0.2) is 6.10 Å². The van der Waals surface area contributed by atoms with E-state index < -0.39 is 0 Å². The zero-order chi connectivity index (χ0) is 18.0. The Morgan fingerprint density at radius 3 is 2.24 bits per heavy atom. The van der Waals surface area contributed by atoms with E-state index in [1.807, 2.05) is 0 Å². The molecule has 1 saturated heterocycles. The van der Waals surface area contributed by atoms with Gasteiger partial charge in [-0.25, -0.2) is 0 Å². The summed E-state index contributed by atoms with van der Waals surface area (Å²) in [6, 6.07) is 19.7. The zero-order valence-corrected chi connectivity index (χ0v) is 16.3. The number of hydrogen-bond donors (Lipinski definition) is 0. The molecule has 3 rings (SSSR count). The minimum atomic E-state index is -0.209. The highest BCUT2D eigenvalue weighted by atomic mass is 16.5. The Bertz CT molecular complexity index is 690. The van der Waals surface area contributed by atoms with Crippen molar-refractivity contribution in [3.8, 4) is 0 Å². The number of benzene rings is 2. The predicted octanol–water partition coefficient (Wildman–Crippen LogP) is 6.21. The van der Waals surface area contributed by atoms with Crippen LogP contribution >= 0.6 is 0 Å². The maximum absolute atomic E-state index is 6.71. The van der Waals surface area contributed by atoms with Crippen LogP contribution in [0.25, 0.3) is 0 Å². The molecule has 134 valence electrons. The fourth-order valence-electron chi connectivity index (χ4n) is 4.43. The Morgan fingerprint density at radius 2 is 1.56 bits per heavy atom. The summed E-state index contributed by atoms with van der Waals surface area (Å²) in [5.41, 5.74) is 3.83. The molecule has 1 aliphatic heterocycles. The summed E-state index contributed by atoms with van der Waals surface area (Å²) in [5, 5.41) is 0. The van der Waals surface area contributed by atoms with Gasteiger partial charge in [0.15, 0.2) is 0 Å². The van der Waals surface area contributed by atoms with Crippen molar-refractivity contribution in [1.82, 2.24) is 0 Å². The molecule has 1 fully saturated rings. The Labute approximate surface area is 153 Å². The monoisotopic (exact) mass is 336 g/mol. The van der Waals surface area contributed by atoms with E-state index in [2.05, 4.69) is 89.2 Å². The average molecular weight is 337 g/mol. The molecule has 0 N–H and O–H groups in total. The molecule has 0 amide bonds. The SMILES string of the molecule is CC[C@H]1OC(C)(c2cccc(Cc3ccccc3)c2)[C@H](C)[C@@H](C)[C@@H]1C. The Kier molecular flexibility index (Phi) is 5.34. The topological polar surface area (TPSA) is 9.23 Å². The van der Waals surface area contributed by atoms with E-state index in [0.717, 1.165) is 12.8 Å². The van der Waals surface area contributed by atoms with E-state index in [9.17, 15) is 0 Å². The molecule has 2 aromatic rings. The minimum Gasteiger partial charge on any atom is -0.367 e. The van der Waals surface area contributed by atoms with Crippen molar-refractivity contribution in [2.45, 2.75) is 59.2 Å². The average Bonchev–Trinajstić information content (AvgIpc) is 2.64. The number of rotatable bonds is 4. The van der Waals surface area contributed by atoms with Crippen LogP contribution < -0.4 is 0 Å². The lowest BCUT2D eigenvalue weighted by atomic mass is 9.68. The van der Waals surface area contributed by atoms with Crippen molar-refractivity contribution in [3.05, 3.63) is 71.3 Å². The first kappa shape index (κ1) is 18.2.